The number of para-hydroxylation sites is 1. The van der Waals surface area contributed by atoms with Gasteiger partial charge in [0.25, 0.3) is 5.91 Å². The van der Waals surface area contributed by atoms with E-state index in [0.717, 1.165) is 5.56 Å². The predicted octanol–water partition coefficient (Wildman–Crippen LogP) is 0.694. The van der Waals surface area contributed by atoms with Gasteiger partial charge in [0.2, 0.25) is 0 Å². The fourth-order valence-corrected chi connectivity index (χ4v) is 1.52. The molecule has 0 aliphatic heterocycles. The van der Waals surface area contributed by atoms with Crippen molar-refractivity contribution in [2.24, 2.45) is 5.84 Å². The lowest BCUT2D eigenvalue weighted by atomic mass is 10.1. The number of H-pyrrole nitrogens is 1. The Bertz CT molecular complexity index is 562. The first-order valence-electron chi connectivity index (χ1n) is 4.98. The maximum absolute atomic E-state index is 11.2. The zero-order chi connectivity index (χ0) is 12.4. The van der Waals surface area contributed by atoms with Crippen molar-refractivity contribution in [3.8, 4) is 17.0 Å². The Morgan fingerprint density at radius 1 is 1.53 bits per heavy atom. The summed E-state index contributed by atoms with van der Waals surface area (Å²) in [6, 6.07) is 6.85. The lowest BCUT2D eigenvalue weighted by Crippen LogP contribution is -2.30. The lowest BCUT2D eigenvalue weighted by Gasteiger charge is -2.03. The normalized spacial score (nSPS) is 10.2. The van der Waals surface area contributed by atoms with Gasteiger partial charge in [-0.25, -0.2) is 5.84 Å². The van der Waals surface area contributed by atoms with Gasteiger partial charge in [0, 0.05) is 5.56 Å². The van der Waals surface area contributed by atoms with Crippen molar-refractivity contribution in [1.29, 1.82) is 0 Å². The van der Waals surface area contributed by atoms with Crippen LogP contribution in [0.15, 0.2) is 24.3 Å². The number of aromatic nitrogens is 2. The van der Waals surface area contributed by atoms with E-state index in [2.05, 4.69) is 10.2 Å². The molecule has 1 aromatic carbocycles. The molecule has 6 nitrogen and oxygen atoms in total. The third-order valence-electron chi connectivity index (χ3n) is 2.47. The van der Waals surface area contributed by atoms with Gasteiger partial charge in [-0.3, -0.25) is 15.3 Å². The molecule has 1 amide bonds. The second-order valence-corrected chi connectivity index (χ2v) is 3.61. The van der Waals surface area contributed by atoms with Crippen molar-refractivity contribution in [3.05, 3.63) is 35.5 Å². The van der Waals surface area contributed by atoms with Gasteiger partial charge in [0.1, 0.15) is 11.4 Å². The fourth-order valence-electron chi connectivity index (χ4n) is 1.52. The number of phenols is 1. The first kappa shape index (κ1) is 11.2. The number of nitrogens with zero attached hydrogens (tertiary/aromatic N) is 1. The Morgan fingerprint density at radius 2 is 2.29 bits per heavy atom. The van der Waals surface area contributed by atoms with Gasteiger partial charge in [-0.1, -0.05) is 12.1 Å². The van der Waals surface area contributed by atoms with Crippen molar-refractivity contribution < 1.29 is 9.90 Å². The van der Waals surface area contributed by atoms with Gasteiger partial charge < -0.3 is 5.11 Å². The number of nitrogens with one attached hydrogen (secondary N) is 2. The van der Waals surface area contributed by atoms with E-state index in [9.17, 15) is 9.90 Å². The number of hydrogen-bond acceptors (Lipinski definition) is 4. The van der Waals surface area contributed by atoms with Crippen LogP contribution in [0, 0.1) is 6.92 Å². The predicted molar refractivity (Wildman–Crippen MR) is 62.1 cm³/mol. The molecule has 0 aliphatic rings. The topological polar surface area (TPSA) is 104 Å². The molecule has 0 spiro atoms. The highest BCUT2D eigenvalue weighted by molar-refractivity contribution is 5.93. The van der Waals surface area contributed by atoms with E-state index in [4.69, 9.17) is 5.84 Å². The van der Waals surface area contributed by atoms with E-state index >= 15 is 0 Å². The van der Waals surface area contributed by atoms with Crippen LogP contribution in [0.5, 0.6) is 5.75 Å². The number of carbonyl (C=O) groups excluding carboxylic acids is 1. The van der Waals surface area contributed by atoms with Gasteiger partial charge >= 0.3 is 0 Å². The van der Waals surface area contributed by atoms with E-state index in [0.29, 0.717) is 11.3 Å². The van der Waals surface area contributed by atoms with Crippen molar-refractivity contribution >= 4 is 5.91 Å². The SMILES string of the molecule is Cc1cccc(-c2cc(C(=O)NN)[nH]n2)c1O. The summed E-state index contributed by atoms with van der Waals surface area (Å²) < 4.78 is 0. The number of rotatable bonds is 2. The summed E-state index contributed by atoms with van der Waals surface area (Å²) in [5.41, 5.74) is 4.04. The summed E-state index contributed by atoms with van der Waals surface area (Å²) >= 11 is 0. The highest BCUT2D eigenvalue weighted by Crippen LogP contribution is 2.30. The van der Waals surface area contributed by atoms with Gasteiger partial charge in [-0.05, 0) is 24.6 Å². The molecule has 0 radical (unpaired) electrons. The number of amides is 1. The van der Waals surface area contributed by atoms with Crippen molar-refractivity contribution in [1.82, 2.24) is 15.6 Å². The van der Waals surface area contributed by atoms with E-state index < -0.39 is 5.91 Å². The molecule has 0 bridgehead atoms. The molecule has 88 valence electrons. The maximum Gasteiger partial charge on any atom is 0.283 e. The number of hydrogen-bond donors (Lipinski definition) is 4. The van der Waals surface area contributed by atoms with Gasteiger partial charge in [0.05, 0.1) is 5.69 Å². The molecular weight excluding hydrogens is 220 g/mol. The summed E-state index contributed by atoms with van der Waals surface area (Å²) in [7, 11) is 0. The van der Waals surface area contributed by atoms with Crippen LogP contribution in [-0.4, -0.2) is 21.2 Å². The Hall–Kier alpha value is -2.34. The van der Waals surface area contributed by atoms with Crippen LogP contribution in [0.3, 0.4) is 0 Å². The molecule has 0 atom stereocenters. The molecule has 1 heterocycles. The number of benzene rings is 1. The molecule has 6 heteroatoms. The second kappa shape index (κ2) is 4.26. The standard InChI is InChI=1S/C11H12N4O2/c1-6-3-2-4-7(10(6)16)8-5-9(15-14-8)11(17)13-12/h2-5,16H,12H2,1H3,(H,13,17)(H,14,15). The van der Waals surface area contributed by atoms with Crippen LogP contribution >= 0.6 is 0 Å². The van der Waals surface area contributed by atoms with Crippen LogP contribution in [0.1, 0.15) is 16.1 Å². The smallest absolute Gasteiger partial charge is 0.283 e. The van der Waals surface area contributed by atoms with Crippen molar-refractivity contribution in [3.63, 3.8) is 0 Å². The number of nitrogen functional groups attached to an aromatic ring is 1. The third kappa shape index (κ3) is 1.98. The average Bonchev–Trinajstić information content (AvgIpc) is 2.81. The summed E-state index contributed by atoms with van der Waals surface area (Å²) in [6.45, 7) is 1.79. The summed E-state index contributed by atoms with van der Waals surface area (Å²) in [4.78, 5) is 11.2. The van der Waals surface area contributed by atoms with E-state index in [1.54, 1.807) is 19.1 Å². The molecule has 1 aromatic heterocycles. The fraction of sp³-hybridized carbons (Fsp3) is 0.0909. The molecule has 17 heavy (non-hydrogen) atoms. The maximum atomic E-state index is 11.2. The molecule has 5 N–H and O–H groups in total. The second-order valence-electron chi connectivity index (χ2n) is 3.61. The monoisotopic (exact) mass is 232 g/mol. The van der Waals surface area contributed by atoms with Crippen molar-refractivity contribution in [2.75, 3.05) is 0 Å². The number of aromatic hydroxyl groups is 1. The average molecular weight is 232 g/mol. The van der Waals surface area contributed by atoms with Gasteiger partial charge in [-0.15, -0.1) is 0 Å². The third-order valence-corrected chi connectivity index (χ3v) is 2.47. The molecule has 0 saturated carbocycles. The Morgan fingerprint density at radius 3 is 3.00 bits per heavy atom. The van der Waals surface area contributed by atoms with Crippen LogP contribution in [0.4, 0.5) is 0 Å². The first-order valence-corrected chi connectivity index (χ1v) is 4.98. The minimum atomic E-state index is -0.462. The van der Waals surface area contributed by atoms with Crippen LogP contribution in [0.25, 0.3) is 11.3 Å². The highest BCUT2D eigenvalue weighted by Gasteiger charge is 2.12. The molecule has 2 rings (SSSR count). The number of nitrogens with two attached hydrogens (primary N) is 1. The van der Waals surface area contributed by atoms with Crippen LogP contribution in [-0.2, 0) is 0 Å². The Kier molecular flexibility index (Phi) is 2.80. The largest absolute Gasteiger partial charge is 0.507 e. The summed E-state index contributed by atoms with van der Waals surface area (Å²) in [5, 5.41) is 16.4. The molecule has 0 unspecified atom stereocenters. The number of hydrazine groups is 1. The van der Waals surface area contributed by atoms with Crippen LogP contribution < -0.4 is 11.3 Å². The zero-order valence-electron chi connectivity index (χ0n) is 9.19. The number of aryl methyl sites for hydroxylation is 1. The van der Waals surface area contributed by atoms with Crippen LogP contribution in [0.2, 0.25) is 0 Å². The minimum Gasteiger partial charge on any atom is -0.507 e. The van der Waals surface area contributed by atoms with Gasteiger partial charge in [-0.2, -0.15) is 5.10 Å². The zero-order valence-corrected chi connectivity index (χ0v) is 9.19. The Balaban J connectivity index is 2.44. The van der Waals surface area contributed by atoms with E-state index in [-0.39, 0.29) is 11.4 Å². The molecule has 0 fully saturated rings. The molecule has 2 aromatic rings. The van der Waals surface area contributed by atoms with E-state index in [1.807, 2.05) is 11.5 Å². The molecular formula is C11H12N4O2. The highest BCUT2D eigenvalue weighted by atomic mass is 16.3. The van der Waals surface area contributed by atoms with Crippen molar-refractivity contribution in [2.45, 2.75) is 6.92 Å². The summed E-state index contributed by atoms with van der Waals surface area (Å²) in [6.07, 6.45) is 0. The number of carbonyl (C=O) groups is 1. The molecule has 0 saturated heterocycles. The van der Waals surface area contributed by atoms with E-state index in [1.165, 1.54) is 6.07 Å². The molecule has 0 aliphatic carbocycles. The minimum absolute atomic E-state index is 0.152. The van der Waals surface area contributed by atoms with Gasteiger partial charge in [0.15, 0.2) is 0 Å². The first-order chi connectivity index (χ1) is 8.13. The Labute approximate surface area is 97.4 Å². The summed E-state index contributed by atoms with van der Waals surface area (Å²) in [5.74, 6) is 4.70. The lowest BCUT2D eigenvalue weighted by molar-refractivity contribution is 0.0948. The number of phenolic OH excluding ortho intramolecular Hbond substituents is 1. The quantitative estimate of drug-likeness (QED) is 0.347. The number of aromatic amines is 1.